The Morgan fingerprint density at radius 3 is 2.14 bits per heavy atom. The molecule has 2 aromatic carbocycles. The van der Waals surface area contributed by atoms with Gasteiger partial charge in [-0.05, 0) is 65.1 Å². The SMILES string of the molecule is C=C(c1cc(-c2cc(C(F)(F)F)cc(C(F)(F)F)c2)cs1)c1sc(=S)n(CCC(=O)Nc2ccc(C(=O)O)c(O)c2)c1O. The average molecular weight is 661 g/mol. The summed E-state index contributed by atoms with van der Waals surface area (Å²) in [4.78, 5) is 24.0. The summed E-state index contributed by atoms with van der Waals surface area (Å²) >= 11 is 7.23. The molecule has 0 aliphatic heterocycles. The number of carbonyl (C=O) groups excluding carboxylic acids is 1. The van der Waals surface area contributed by atoms with Crippen LogP contribution in [0.3, 0.4) is 0 Å². The highest BCUT2D eigenvalue weighted by atomic mass is 32.1. The Morgan fingerprint density at radius 1 is 0.953 bits per heavy atom. The molecular formula is C27H18F6N2O5S3. The summed E-state index contributed by atoms with van der Waals surface area (Å²) in [6.07, 6.45) is -10.2. The first-order valence-corrected chi connectivity index (χ1v) is 13.9. The number of aromatic hydroxyl groups is 2. The Hall–Kier alpha value is -4.15. The monoisotopic (exact) mass is 660 g/mol. The minimum absolute atomic E-state index is 0.0441. The lowest BCUT2D eigenvalue weighted by Gasteiger charge is -2.13. The van der Waals surface area contributed by atoms with Crippen molar-refractivity contribution >= 4 is 58.0 Å². The van der Waals surface area contributed by atoms with Gasteiger partial charge in [0.25, 0.3) is 0 Å². The molecule has 0 fully saturated rings. The van der Waals surface area contributed by atoms with Crippen LogP contribution in [0.15, 0.2) is 54.4 Å². The number of alkyl halides is 6. The molecule has 0 atom stereocenters. The van der Waals surface area contributed by atoms with Gasteiger partial charge in [0.2, 0.25) is 11.8 Å². The molecule has 0 saturated heterocycles. The Labute approximate surface area is 251 Å². The van der Waals surface area contributed by atoms with E-state index in [2.05, 4.69) is 11.9 Å². The fourth-order valence-electron chi connectivity index (χ4n) is 3.90. The van der Waals surface area contributed by atoms with Crippen LogP contribution in [0.25, 0.3) is 16.7 Å². The van der Waals surface area contributed by atoms with Crippen LogP contribution in [0, 0.1) is 3.95 Å². The zero-order valence-electron chi connectivity index (χ0n) is 21.3. The predicted octanol–water partition coefficient (Wildman–Crippen LogP) is 8.24. The van der Waals surface area contributed by atoms with Gasteiger partial charge in [-0.15, -0.1) is 22.7 Å². The van der Waals surface area contributed by atoms with Crippen molar-refractivity contribution in [3.05, 3.63) is 84.8 Å². The van der Waals surface area contributed by atoms with Crippen LogP contribution in [-0.4, -0.2) is 31.8 Å². The van der Waals surface area contributed by atoms with Crippen LogP contribution in [0.2, 0.25) is 0 Å². The third kappa shape index (κ3) is 7.09. The lowest BCUT2D eigenvalue weighted by Crippen LogP contribution is -2.14. The zero-order valence-corrected chi connectivity index (χ0v) is 23.8. The molecule has 2 heterocycles. The summed E-state index contributed by atoms with van der Waals surface area (Å²) < 4.78 is 81.2. The molecule has 1 amide bonds. The van der Waals surface area contributed by atoms with Crippen LogP contribution in [0.5, 0.6) is 11.6 Å². The zero-order chi connectivity index (χ0) is 31.9. The van der Waals surface area contributed by atoms with Crippen molar-refractivity contribution in [1.29, 1.82) is 0 Å². The Bertz CT molecular complexity index is 1770. The Morgan fingerprint density at radius 2 is 1.58 bits per heavy atom. The molecule has 226 valence electrons. The van der Waals surface area contributed by atoms with Crippen molar-refractivity contribution in [1.82, 2.24) is 4.57 Å². The fraction of sp³-hybridized carbons (Fsp3) is 0.148. The molecule has 4 aromatic rings. The maximum atomic E-state index is 13.3. The maximum Gasteiger partial charge on any atom is 0.416 e. The molecule has 0 aliphatic carbocycles. The third-order valence-corrected chi connectivity index (χ3v) is 8.52. The van der Waals surface area contributed by atoms with E-state index in [0.717, 1.165) is 34.8 Å². The normalized spacial score (nSPS) is 11.9. The number of rotatable bonds is 8. The van der Waals surface area contributed by atoms with Gasteiger partial charge in [-0.2, -0.15) is 26.3 Å². The highest BCUT2D eigenvalue weighted by molar-refractivity contribution is 7.73. The average Bonchev–Trinajstić information content (AvgIpc) is 3.50. The second-order valence-corrected chi connectivity index (χ2v) is 11.5. The number of carboxylic acids is 1. The van der Waals surface area contributed by atoms with Gasteiger partial charge in [0.15, 0.2) is 3.95 Å². The van der Waals surface area contributed by atoms with Gasteiger partial charge in [0.05, 0.1) is 16.0 Å². The lowest BCUT2D eigenvalue weighted by atomic mass is 10.0. The molecule has 4 N–H and O–H groups in total. The number of benzene rings is 2. The molecule has 0 radical (unpaired) electrons. The number of thiophene rings is 1. The third-order valence-electron chi connectivity index (χ3n) is 6.03. The quantitative estimate of drug-likeness (QED) is 0.112. The van der Waals surface area contributed by atoms with Crippen LogP contribution in [-0.2, 0) is 23.7 Å². The van der Waals surface area contributed by atoms with E-state index in [1.807, 2.05) is 0 Å². The largest absolute Gasteiger partial charge is 0.507 e. The van der Waals surface area contributed by atoms with E-state index in [1.165, 1.54) is 22.1 Å². The highest BCUT2D eigenvalue weighted by Gasteiger charge is 2.37. The number of aromatic nitrogens is 1. The predicted molar refractivity (Wildman–Crippen MR) is 151 cm³/mol. The number of aromatic carboxylic acids is 1. The molecule has 16 heteroatoms. The lowest BCUT2D eigenvalue weighted by molar-refractivity contribution is -0.143. The van der Waals surface area contributed by atoms with E-state index in [1.54, 1.807) is 0 Å². The van der Waals surface area contributed by atoms with Crippen molar-refractivity contribution in [3.63, 3.8) is 0 Å². The number of phenols is 1. The molecule has 2 aromatic heterocycles. The van der Waals surface area contributed by atoms with Crippen LogP contribution < -0.4 is 5.32 Å². The second-order valence-electron chi connectivity index (χ2n) is 8.98. The van der Waals surface area contributed by atoms with Crippen LogP contribution >= 0.6 is 34.9 Å². The highest BCUT2D eigenvalue weighted by Crippen LogP contribution is 2.42. The molecule has 0 spiro atoms. The van der Waals surface area contributed by atoms with Crippen LogP contribution in [0.1, 0.15) is 37.7 Å². The molecule has 43 heavy (non-hydrogen) atoms. The van der Waals surface area contributed by atoms with Crippen molar-refractivity contribution < 1.29 is 51.3 Å². The molecule has 0 saturated carbocycles. The first kappa shape index (κ1) is 31.8. The van der Waals surface area contributed by atoms with Crippen molar-refractivity contribution in [2.24, 2.45) is 0 Å². The summed E-state index contributed by atoms with van der Waals surface area (Å²) in [5, 5.41) is 33.4. The number of hydrogen-bond donors (Lipinski definition) is 4. The number of nitrogens with zero attached hydrogens (tertiary/aromatic N) is 1. The molecule has 7 nitrogen and oxygen atoms in total. The second kappa shape index (κ2) is 11.9. The van der Waals surface area contributed by atoms with E-state index < -0.39 is 41.1 Å². The van der Waals surface area contributed by atoms with E-state index in [0.29, 0.717) is 17.0 Å². The standard InChI is InChI=1S/C27H18F6N2O5S3/c1-12(20-8-14(11-42-20)13-6-15(26(28,29)30)9-16(7-13)27(31,32)33)22-23(38)35(25(41)43-22)5-4-21(37)34-17-2-3-18(24(39)40)19(36)10-17/h2-3,6-11,36,38H,1,4-5H2,(H,34,37)(H,39,40). The maximum absolute atomic E-state index is 13.3. The number of carboxylic acid groups (broad SMARTS) is 1. The minimum atomic E-state index is -5.00. The summed E-state index contributed by atoms with van der Waals surface area (Å²) in [5.74, 6) is -2.78. The van der Waals surface area contributed by atoms with E-state index in [-0.39, 0.29) is 61.7 Å². The number of halogens is 6. The Balaban J connectivity index is 1.52. The van der Waals surface area contributed by atoms with Gasteiger partial charge < -0.3 is 20.6 Å². The first-order chi connectivity index (χ1) is 20.0. The molecule has 0 unspecified atom stereocenters. The summed E-state index contributed by atoms with van der Waals surface area (Å²) in [6.45, 7) is 3.82. The summed E-state index contributed by atoms with van der Waals surface area (Å²) in [7, 11) is 0. The van der Waals surface area contributed by atoms with E-state index in [4.69, 9.17) is 17.3 Å². The summed E-state index contributed by atoms with van der Waals surface area (Å²) in [6, 6.07) is 6.11. The molecular weight excluding hydrogens is 642 g/mol. The van der Waals surface area contributed by atoms with Crippen molar-refractivity contribution in [3.8, 4) is 22.8 Å². The number of amides is 1. The summed E-state index contributed by atoms with van der Waals surface area (Å²) in [5.41, 5.74) is -3.12. The van der Waals surface area contributed by atoms with Gasteiger partial charge in [-0.3, -0.25) is 9.36 Å². The Kier molecular flexibility index (Phi) is 8.76. The van der Waals surface area contributed by atoms with Gasteiger partial charge >= 0.3 is 18.3 Å². The fourth-order valence-corrected chi connectivity index (χ4v) is 6.18. The number of thiazole rings is 1. The van der Waals surface area contributed by atoms with Gasteiger partial charge in [0, 0.05) is 35.2 Å². The van der Waals surface area contributed by atoms with Gasteiger partial charge in [-0.1, -0.05) is 6.58 Å². The molecule has 4 rings (SSSR count). The number of carbonyl (C=O) groups is 2. The van der Waals surface area contributed by atoms with Gasteiger partial charge in [0.1, 0.15) is 11.3 Å². The number of anilines is 1. The first-order valence-electron chi connectivity index (χ1n) is 11.8. The van der Waals surface area contributed by atoms with Crippen LogP contribution in [0.4, 0.5) is 32.0 Å². The van der Waals surface area contributed by atoms with E-state index in [9.17, 15) is 46.1 Å². The van der Waals surface area contributed by atoms with Crippen molar-refractivity contribution in [2.75, 3.05) is 5.32 Å². The number of nitrogens with one attached hydrogen (secondary N) is 1. The smallest absolute Gasteiger partial charge is 0.416 e. The van der Waals surface area contributed by atoms with Gasteiger partial charge in [-0.25, -0.2) is 4.79 Å². The topological polar surface area (TPSA) is 112 Å². The minimum Gasteiger partial charge on any atom is -0.507 e. The molecule has 0 aliphatic rings. The number of hydrogen-bond acceptors (Lipinski definition) is 7. The molecule has 0 bridgehead atoms. The van der Waals surface area contributed by atoms with E-state index >= 15 is 0 Å². The van der Waals surface area contributed by atoms with Crippen molar-refractivity contribution in [2.45, 2.75) is 25.3 Å².